The van der Waals surface area contributed by atoms with Crippen LogP contribution in [0.15, 0.2) is 158 Å². The van der Waals surface area contributed by atoms with Crippen LogP contribution in [-0.4, -0.2) is 15.0 Å². The normalized spacial score (nSPS) is 24.9. The largest absolute Gasteiger partial charge is 0.457 e. The molecule has 6 aliphatic rings. The van der Waals surface area contributed by atoms with E-state index in [0.29, 0.717) is 28.3 Å². The lowest BCUT2D eigenvalue weighted by Gasteiger charge is -2.49. The number of hydrogen-bond donors (Lipinski definition) is 0. The minimum absolute atomic E-state index is 0.339. The third-order valence-corrected chi connectivity index (χ3v) is 17.7. The summed E-state index contributed by atoms with van der Waals surface area (Å²) in [5.41, 5.74) is 12.2. The highest BCUT2D eigenvalue weighted by Crippen LogP contribution is 2.79. The van der Waals surface area contributed by atoms with Crippen LogP contribution < -0.4 is 4.74 Å². The monoisotopic (exact) mass is 815 g/mol. The molecule has 4 saturated carbocycles. The van der Waals surface area contributed by atoms with E-state index in [1.807, 2.05) is 11.3 Å². The van der Waals surface area contributed by atoms with E-state index in [2.05, 4.69) is 158 Å². The fourth-order valence-electron chi connectivity index (χ4n) is 14.3. The highest BCUT2D eigenvalue weighted by molar-refractivity contribution is 7.25. The van der Waals surface area contributed by atoms with Crippen molar-refractivity contribution in [1.29, 1.82) is 0 Å². The van der Waals surface area contributed by atoms with Crippen LogP contribution in [0.4, 0.5) is 0 Å². The van der Waals surface area contributed by atoms with Crippen LogP contribution in [0, 0.1) is 23.2 Å². The molecule has 2 aromatic heterocycles. The summed E-state index contributed by atoms with van der Waals surface area (Å²) in [5.74, 6) is 6.68. The van der Waals surface area contributed by atoms with E-state index in [0.717, 1.165) is 57.1 Å². The summed E-state index contributed by atoms with van der Waals surface area (Å²) in [6.07, 6.45) is 8.59. The zero-order valence-electron chi connectivity index (χ0n) is 34.1. The van der Waals surface area contributed by atoms with Crippen LogP contribution in [0.5, 0.6) is 11.5 Å². The first-order chi connectivity index (χ1) is 30.6. The Labute approximate surface area is 364 Å². The van der Waals surface area contributed by atoms with Crippen molar-refractivity contribution in [3.63, 3.8) is 0 Å². The van der Waals surface area contributed by atoms with Crippen LogP contribution in [0.1, 0.15) is 66.3 Å². The smallest absolute Gasteiger partial charge is 0.164 e. The minimum Gasteiger partial charge on any atom is -0.457 e. The standard InChI is InChI=1S/C57H41N3OS/c1-3-11-44-40(9-1)41-23-19-35(26-47(41)57(44)45-12-4-6-14-48(45)61-49-15-7-5-13-46(49)57)53-58-52(59-54(60-53)36-20-24-43-42-10-2-8-16-50(42)62-51(43)27-36)34-17-21-37(22-18-34)55-29-33-25-38-28-39(31-55)56(38,30-33)32-55/h1-24,26-27,33,38-39H,25,28-32H2/t33-,38-,39?,55?,56?/m0/s1. The van der Waals surface area contributed by atoms with Crippen LogP contribution in [0.2, 0.25) is 0 Å². The van der Waals surface area contributed by atoms with Gasteiger partial charge in [-0.2, -0.15) is 0 Å². The van der Waals surface area contributed by atoms with Gasteiger partial charge in [0.1, 0.15) is 11.5 Å². The Hall–Kier alpha value is -6.43. The Morgan fingerprint density at radius 3 is 1.92 bits per heavy atom. The van der Waals surface area contributed by atoms with E-state index in [4.69, 9.17) is 19.7 Å². The molecule has 5 heteroatoms. The summed E-state index contributed by atoms with van der Waals surface area (Å²) in [7, 11) is 0. The van der Waals surface area contributed by atoms with E-state index in [9.17, 15) is 0 Å². The quantitative estimate of drug-likeness (QED) is 0.178. The zero-order valence-corrected chi connectivity index (χ0v) is 35.0. The summed E-state index contributed by atoms with van der Waals surface area (Å²) >= 11 is 1.83. The molecule has 296 valence electrons. The maximum atomic E-state index is 6.64. The molecule has 0 saturated heterocycles. The van der Waals surface area contributed by atoms with Crippen molar-refractivity contribution in [3.05, 3.63) is 186 Å². The van der Waals surface area contributed by atoms with Crippen LogP contribution >= 0.6 is 11.3 Å². The van der Waals surface area contributed by atoms with Crippen LogP contribution in [0.3, 0.4) is 0 Å². The summed E-state index contributed by atoms with van der Waals surface area (Å²) in [5, 5.41) is 2.55. The lowest BCUT2D eigenvalue weighted by Crippen LogP contribution is -2.42. The van der Waals surface area contributed by atoms with E-state index in [-0.39, 0.29) is 0 Å². The first kappa shape index (κ1) is 34.2. The molecule has 3 unspecified atom stereocenters. The third kappa shape index (κ3) is 4.35. The Bertz CT molecular complexity index is 3360. The first-order valence-corrected chi connectivity index (χ1v) is 23.3. The van der Waals surface area contributed by atoms with E-state index < -0.39 is 5.41 Å². The van der Waals surface area contributed by atoms with Gasteiger partial charge in [0.25, 0.3) is 0 Å². The molecular formula is C57H41N3OS. The molecule has 4 fully saturated rings. The molecule has 2 spiro atoms. The molecule has 4 nitrogen and oxygen atoms in total. The Morgan fingerprint density at radius 1 is 0.484 bits per heavy atom. The lowest BCUT2D eigenvalue weighted by atomic mass is 9.55. The molecule has 3 heterocycles. The van der Waals surface area contributed by atoms with Crippen molar-refractivity contribution in [2.24, 2.45) is 23.2 Å². The van der Waals surface area contributed by atoms with Gasteiger partial charge >= 0.3 is 0 Å². The van der Waals surface area contributed by atoms with Gasteiger partial charge in [-0.3, -0.25) is 0 Å². The molecule has 5 atom stereocenters. The second kappa shape index (κ2) is 11.9. The summed E-state index contributed by atoms with van der Waals surface area (Å²) in [6.45, 7) is 0. The highest BCUT2D eigenvalue weighted by Gasteiger charge is 2.71. The predicted molar refractivity (Wildman–Crippen MR) is 249 cm³/mol. The maximum absolute atomic E-state index is 6.64. The van der Waals surface area contributed by atoms with Gasteiger partial charge in [0.15, 0.2) is 17.5 Å². The van der Waals surface area contributed by atoms with Gasteiger partial charge in [0.05, 0.1) is 5.41 Å². The SMILES string of the molecule is c1ccc2c(c1)Oc1ccccc1C21c2ccccc2-c2ccc(-c3nc(-c4ccc(C56CC7C[C@@H]8C[C@@H](C5)CC78C6)cc4)nc(-c4ccc5c(c4)sc4ccccc45)n3)cc21. The number of nitrogens with zero attached hydrogens (tertiary/aromatic N) is 3. The molecule has 9 aromatic rings. The topological polar surface area (TPSA) is 47.9 Å². The van der Waals surface area contributed by atoms with E-state index in [1.54, 1.807) is 0 Å². The van der Waals surface area contributed by atoms with E-state index in [1.165, 1.54) is 86.5 Å². The molecule has 7 aromatic carbocycles. The van der Waals surface area contributed by atoms with Crippen molar-refractivity contribution in [2.75, 3.05) is 0 Å². The molecule has 0 radical (unpaired) electrons. The van der Waals surface area contributed by atoms with Gasteiger partial charge in [-0.1, -0.05) is 127 Å². The van der Waals surface area contributed by atoms with Gasteiger partial charge < -0.3 is 4.74 Å². The summed E-state index contributed by atoms with van der Waals surface area (Å²) in [4.78, 5) is 16.1. The average Bonchev–Trinajstić information content (AvgIpc) is 3.96. The van der Waals surface area contributed by atoms with Crippen molar-refractivity contribution in [2.45, 2.75) is 49.4 Å². The fraction of sp³-hybridized carbons (Fsp3) is 0.211. The zero-order chi connectivity index (χ0) is 40.4. The number of fused-ring (bicyclic) bond motifs is 14. The van der Waals surface area contributed by atoms with Crippen molar-refractivity contribution in [1.82, 2.24) is 15.0 Å². The number of para-hydroxylation sites is 2. The highest BCUT2D eigenvalue weighted by atomic mass is 32.1. The molecule has 5 aliphatic carbocycles. The molecule has 3 bridgehead atoms. The predicted octanol–water partition coefficient (Wildman–Crippen LogP) is 14.2. The van der Waals surface area contributed by atoms with Gasteiger partial charge in [0, 0.05) is 48.0 Å². The van der Waals surface area contributed by atoms with E-state index >= 15 is 0 Å². The van der Waals surface area contributed by atoms with Gasteiger partial charge in [-0.25, -0.2) is 15.0 Å². The summed E-state index contributed by atoms with van der Waals surface area (Å²) in [6, 6.07) is 57.7. The Balaban J connectivity index is 0.915. The third-order valence-electron chi connectivity index (χ3n) is 16.6. The van der Waals surface area contributed by atoms with Gasteiger partial charge in [-0.15, -0.1) is 11.3 Å². The number of ether oxygens (including phenoxy) is 1. The second-order valence-corrected chi connectivity index (χ2v) is 20.5. The molecule has 0 amide bonds. The van der Waals surface area contributed by atoms with Crippen LogP contribution in [0.25, 0.3) is 65.5 Å². The van der Waals surface area contributed by atoms with Crippen molar-refractivity contribution in [3.8, 4) is 56.8 Å². The van der Waals surface area contributed by atoms with Gasteiger partial charge in [-0.05, 0) is 125 Å². The molecule has 0 N–H and O–H groups in total. The maximum Gasteiger partial charge on any atom is 0.164 e. The minimum atomic E-state index is -0.578. The summed E-state index contributed by atoms with van der Waals surface area (Å²) < 4.78 is 9.16. The molecule has 1 aliphatic heterocycles. The lowest BCUT2D eigenvalue weighted by molar-refractivity contribution is -0.000160. The number of thiophene rings is 1. The van der Waals surface area contributed by atoms with Crippen LogP contribution in [-0.2, 0) is 10.8 Å². The van der Waals surface area contributed by atoms with Crippen molar-refractivity contribution < 1.29 is 4.74 Å². The molecule has 62 heavy (non-hydrogen) atoms. The fourth-order valence-corrected chi connectivity index (χ4v) is 15.4. The average molecular weight is 816 g/mol. The Kier molecular flexibility index (Phi) is 6.58. The molecular weight excluding hydrogens is 775 g/mol. The number of hydrogen-bond acceptors (Lipinski definition) is 5. The molecule has 15 rings (SSSR count). The van der Waals surface area contributed by atoms with Crippen molar-refractivity contribution >= 4 is 31.5 Å². The van der Waals surface area contributed by atoms with Gasteiger partial charge in [0.2, 0.25) is 0 Å². The number of rotatable bonds is 4. The second-order valence-electron chi connectivity index (χ2n) is 19.4. The number of aromatic nitrogens is 3. The Morgan fingerprint density at radius 2 is 1.11 bits per heavy atom. The first-order valence-electron chi connectivity index (χ1n) is 22.5. The number of benzene rings is 7.